The van der Waals surface area contributed by atoms with Crippen LogP contribution in [0.4, 0.5) is 5.82 Å². The summed E-state index contributed by atoms with van der Waals surface area (Å²) >= 11 is 0. The van der Waals surface area contributed by atoms with Gasteiger partial charge in [0.05, 0.1) is 0 Å². The highest BCUT2D eigenvalue weighted by Crippen LogP contribution is 2.04. The van der Waals surface area contributed by atoms with E-state index in [4.69, 9.17) is 5.73 Å². The Labute approximate surface area is 62.1 Å². The van der Waals surface area contributed by atoms with E-state index in [0.717, 1.165) is 0 Å². The number of hydrogen-bond donors (Lipinski definition) is 1. The summed E-state index contributed by atoms with van der Waals surface area (Å²) in [5.74, 6) is 1.05. The van der Waals surface area contributed by atoms with Crippen molar-refractivity contribution < 1.29 is 0 Å². The van der Waals surface area contributed by atoms with E-state index >= 15 is 0 Å². The van der Waals surface area contributed by atoms with Gasteiger partial charge in [0.15, 0.2) is 11.6 Å². The summed E-state index contributed by atoms with van der Waals surface area (Å²) in [6, 6.07) is 0. The summed E-state index contributed by atoms with van der Waals surface area (Å²) < 4.78 is 1.54. The number of nitrogens with zero attached hydrogens (tertiary/aromatic N) is 5. The first-order valence-corrected chi connectivity index (χ1v) is 3.07. The number of fused-ring (bicyclic) bond motifs is 1. The molecule has 0 unspecified atom stereocenters. The van der Waals surface area contributed by atoms with Crippen molar-refractivity contribution in [2.24, 2.45) is 0 Å². The average Bonchev–Trinajstić information content (AvgIpc) is 2.35. The molecule has 0 bridgehead atoms. The van der Waals surface area contributed by atoms with Crippen molar-refractivity contribution in [2.75, 3.05) is 5.73 Å². The molecular weight excluding hydrogens is 144 g/mol. The number of hydrogen-bond acceptors (Lipinski definition) is 5. The summed E-state index contributed by atoms with van der Waals surface area (Å²) in [7, 11) is 0. The lowest BCUT2D eigenvalue weighted by Gasteiger charge is -1.92. The summed E-state index contributed by atoms with van der Waals surface area (Å²) in [6.07, 6.45) is 1.37. The van der Waals surface area contributed by atoms with Crippen LogP contribution in [0.1, 0.15) is 5.82 Å². The lowest BCUT2D eigenvalue weighted by atomic mass is 10.6. The molecule has 2 aromatic heterocycles. The Balaban J connectivity index is 2.94. The zero-order chi connectivity index (χ0) is 7.84. The Hall–Kier alpha value is -1.72. The third kappa shape index (κ3) is 0.721. The molecule has 0 fully saturated rings. The van der Waals surface area contributed by atoms with Crippen LogP contribution in [0.3, 0.4) is 0 Å². The minimum absolute atomic E-state index is 0.348. The molecule has 0 saturated carbocycles. The van der Waals surface area contributed by atoms with Crippen LogP contribution in [0, 0.1) is 6.92 Å². The summed E-state index contributed by atoms with van der Waals surface area (Å²) in [5, 5.41) is 11.5. The molecule has 0 aliphatic heterocycles. The fourth-order valence-corrected chi connectivity index (χ4v) is 0.853. The van der Waals surface area contributed by atoms with Crippen LogP contribution in [-0.4, -0.2) is 24.8 Å². The van der Waals surface area contributed by atoms with Crippen molar-refractivity contribution in [3.63, 3.8) is 0 Å². The van der Waals surface area contributed by atoms with Gasteiger partial charge in [-0.25, -0.2) is 4.98 Å². The van der Waals surface area contributed by atoms with Gasteiger partial charge in [-0.05, 0) is 6.92 Å². The molecule has 0 spiro atoms. The van der Waals surface area contributed by atoms with E-state index in [1.807, 2.05) is 0 Å². The number of anilines is 1. The van der Waals surface area contributed by atoms with E-state index in [-0.39, 0.29) is 0 Å². The highest BCUT2D eigenvalue weighted by Gasteiger charge is 2.03. The van der Waals surface area contributed by atoms with Gasteiger partial charge < -0.3 is 5.73 Å². The maximum atomic E-state index is 5.50. The topological polar surface area (TPSA) is 82.0 Å². The second-order valence-electron chi connectivity index (χ2n) is 2.13. The minimum atomic E-state index is 0.348. The number of nitrogens with two attached hydrogens (primary N) is 1. The normalized spacial score (nSPS) is 10.6. The maximum absolute atomic E-state index is 5.50. The van der Waals surface area contributed by atoms with Gasteiger partial charge in [0.1, 0.15) is 6.33 Å². The van der Waals surface area contributed by atoms with Gasteiger partial charge in [0.2, 0.25) is 5.65 Å². The van der Waals surface area contributed by atoms with Crippen LogP contribution >= 0.6 is 0 Å². The molecule has 0 radical (unpaired) electrons. The predicted octanol–water partition coefficient (Wildman–Crippen LogP) is -0.590. The number of aromatic nitrogens is 5. The quantitative estimate of drug-likeness (QED) is 0.542. The van der Waals surface area contributed by atoms with Gasteiger partial charge in [-0.3, -0.25) is 0 Å². The SMILES string of the molecule is Cc1nnc2c(N)ncnn12. The molecule has 0 atom stereocenters. The Bertz CT molecular complexity index is 391. The number of rotatable bonds is 0. The van der Waals surface area contributed by atoms with Crippen molar-refractivity contribution in [1.29, 1.82) is 0 Å². The molecule has 2 rings (SSSR count). The van der Waals surface area contributed by atoms with Gasteiger partial charge in [0, 0.05) is 0 Å². The second-order valence-corrected chi connectivity index (χ2v) is 2.13. The Morgan fingerprint density at radius 2 is 2.27 bits per heavy atom. The van der Waals surface area contributed by atoms with Gasteiger partial charge in [-0.1, -0.05) is 0 Å². The van der Waals surface area contributed by atoms with Crippen LogP contribution in [-0.2, 0) is 0 Å². The van der Waals surface area contributed by atoms with E-state index in [1.54, 1.807) is 11.4 Å². The second kappa shape index (κ2) is 1.88. The number of nitrogen functional groups attached to an aromatic ring is 1. The third-order valence-corrected chi connectivity index (χ3v) is 1.39. The molecule has 56 valence electrons. The molecule has 0 aliphatic carbocycles. The monoisotopic (exact) mass is 150 g/mol. The van der Waals surface area contributed by atoms with Gasteiger partial charge >= 0.3 is 0 Å². The molecule has 2 N–H and O–H groups in total. The molecule has 0 aromatic carbocycles. The standard InChI is InChI=1S/C5H6N6/c1-3-9-10-5-4(6)7-2-8-11(3)5/h2H,1H3,(H2,6,7,8). The molecule has 2 heterocycles. The third-order valence-electron chi connectivity index (χ3n) is 1.39. The van der Waals surface area contributed by atoms with Crippen molar-refractivity contribution in [3.8, 4) is 0 Å². The highest BCUT2D eigenvalue weighted by atomic mass is 15.4. The summed E-state index contributed by atoms with van der Waals surface area (Å²) in [4.78, 5) is 3.76. The van der Waals surface area contributed by atoms with Gasteiger partial charge in [-0.2, -0.15) is 9.61 Å². The molecule has 11 heavy (non-hydrogen) atoms. The molecule has 0 aliphatic rings. The largest absolute Gasteiger partial charge is 0.380 e. The van der Waals surface area contributed by atoms with Crippen LogP contribution in [0.2, 0.25) is 0 Å². The molecule has 0 saturated heterocycles. The van der Waals surface area contributed by atoms with Gasteiger partial charge in [0.25, 0.3) is 0 Å². The molecule has 0 amide bonds. The van der Waals surface area contributed by atoms with Crippen LogP contribution in [0.25, 0.3) is 5.65 Å². The lowest BCUT2D eigenvalue weighted by Crippen LogP contribution is -2.00. The molecule has 2 aromatic rings. The first-order valence-electron chi connectivity index (χ1n) is 3.07. The molecular formula is C5H6N6. The molecule has 6 heteroatoms. The molecule has 6 nitrogen and oxygen atoms in total. The van der Waals surface area contributed by atoms with Crippen molar-refractivity contribution in [3.05, 3.63) is 12.2 Å². The highest BCUT2D eigenvalue weighted by molar-refractivity contribution is 5.57. The maximum Gasteiger partial charge on any atom is 0.220 e. The van der Waals surface area contributed by atoms with Crippen LogP contribution in [0.15, 0.2) is 6.33 Å². The van der Waals surface area contributed by atoms with E-state index < -0.39 is 0 Å². The predicted molar refractivity (Wildman–Crippen MR) is 37.7 cm³/mol. The Morgan fingerprint density at radius 1 is 1.45 bits per heavy atom. The lowest BCUT2D eigenvalue weighted by molar-refractivity contribution is 0.854. The van der Waals surface area contributed by atoms with E-state index in [0.29, 0.717) is 17.3 Å². The van der Waals surface area contributed by atoms with E-state index in [2.05, 4.69) is 20.3 Å². The summed E-state index contributed by atoms with van der Waals surface area (Å²) in [6.45, 7) is 1.80. The average molecular weight is 150 g/mol. The minimum Gasteiger partial charge on any atom is -0.380 e. The zero-order valence-electron chi connectivity index (χ0n) is 5.89. The Kier molecular flexibility index (Phi) is 1.03. The van der Waals surface area contributed by atoms with Gasteiger partial charge in [-0.15, -0.1) is 10.2 Å². The zero-order valence-corrected chi connectivity index (χ0v) is 5.89. The van der Waals surface area contributed by atoms with E-state index in [1.165, 1.54) is 6.33 Å². The smallest absolute Gasteiger partial charge is 0.220 e. The van der Waals surface area contributed by atoms with Crippen LogP contribution in [0.5, 0.6) is 0 Å². The fraction of sp³-hybridized carbons (Fsp3) is 0.200. The first kappa shape index (κ1) is 6.02. The summed E-state index contributed by atoms with van der Waals surface area (Å²) in [5.41, 5.74) is 6.00. The van der Waals surface area contributed by atoms with Crippen molar-refractivity contribution >= 4 is 11.5 Å². The first-order chi connectivity index (χ1) is 5.29. The van der Waals surface area contributed by atoms with Crippen molar-refractivity contribution in [2.45, 2.75) is 6.92 Å². The Morgan fingerprint density at radius 3 is 3.00 bits per heavy atom. The van der Waals surface area contributed by atoms with Crippen molar-refractivity contribution in [1.82, 2.24) is 24.8 Å². The number of aryl methyl sites for hydroxylation is 1. The fourth-order valence-electron chi connectivity index (χ4n) is 0.853. The van der Waals surface area contributed by atoms with Crippen LogP contribution < -0.4 is 5.73 Å². The van der Waals surface area contributed by atoms with E-state index in [9.17, 15) is 0 Å².